The van der Waals surface area contributed by atoms with Gasteiger partial charge in [0.2, 0.25) is 0 Å². The van der Waals surface area contributed by atoms with E-state index in [-0.39, 0.29) is 17.4 Å². The molecule has 0 atom stereocenters. The number of pyridine rings is 1. The Morgan fingerprint density at radius 2 is 1.80 bits per heavy atom. The topological polar surface area (TPSA) is 98.5 Å². The molecule has 45 heavy (non-hydrogen) atoms. The van der Waals surface area contributed by atoms with Crippen LogP contribution in [0.4, 0.5) is 15.0 Å². The molecule has 1 fully saturated rings. The molecule has 0 saturated carbocycles. The van der Waals surface area contributed by atoms with Crippen LogP contribution in [0.3, 0.4) is 0 Å². The number of benzene rings is 3. The number of phenols is 1. The smallest absolute Gasteiger partial charge is 0.407 e. The highest BCUT2D eigenvalue weighted by atomic mass is 79.9. The summed E-state index contributed by atoms with van der Waals surface area (Å²) in [6.07, 6.45) is 1.50. The van der Waals surface area contributed by atoms with Crippen LogP contribution >= 0.6 is 15.9 Å². The lowest BCUT2D eigenvalue weighted by Gasteiger charge is -2.35. The van der Waals surface area contributed by atoms with Crippen molar-refractivity contribution in [1.29, 1.82) is 5.26 Å². The Hall–Kier alpha value is -4.42. The Morgan fingerprint density at radius 3 is 2.42 bits per heavy atom. The number of rotatable bonds is 6. The molecule has 1 aliphatic heterocycles. The summed E-state index contributed by atoms with van der Waals surface area (Å²) in [5.41, 5.74) is 4.68. The molecule has 1 aromatic heterocycles. The quantitative estimate of drug-likeness (QED) is 0.214. The van der Waals surface area contributed by atoms with Crippen LogP contribution in [0.5, 0.6) is 5.75 Å². The summed E-state index contributed by atoms with van der Waals surface area (Å²) in [7, 11) is 0. The first-order valence-electron chi connectivity index (χ1n) is 14.9. The first-order valence-corrected chi connectivity index (χ1v) is 15.7. The molecule has 5 rings (SSSR count). The second-order valence-electron chi connectivity index (χ2n) is 12.3. The third-order valence-electron chi connectivity index (χ3n) is 7.82. The van der Waals surface area contributed by atoms with E-state index >= 15 is 4.39 Å². The number of phenolic OH excluding ortho intramolecular Hbond substituents is 1. The highest BCUT2D eigenvalue weighted by Crippen LogP contribution is 2.44. The summed E-state index contributed by atoms with van der Waals surface area (Å²) < 4.78 is 21.3. The van der Waals surface area contributed by atoms with Crippen molar-refractivity contribution < 1.29 is 19.0 Å². The monoisotopic (exact) mass is 670 g/mol. The Labute approximate surface area is 271 Å². The molecule has 1 amide bonds. The summed E-state index contributed by atoms with van der Waals surface area (Å²) >= 11 is 3.91. The lowest BCUT2D eigenvalue weighted by molar-refractivity contribution is 0.0497. The second-order valence-corrected chi connectivity index (χ2v) is 13.1. The van der Waals surface area contributed by atoms with Gasteiger partial charge < -0.3 is 20.1 Å². The minimum Gasteiger partial charge on any atom is -0.508 e. The molecule has 7 nitrogen and oxygen atoms in total. The molecule has 0 aliphatic carbocycles. The molecular formula is C36H36BrFN4O3. The first-order chi connectivity index (χ1) is 21.4. The van der Waals surface area contributed by atoms with E-state index in [1.54, 1.807) is 12.1 Å². The van der Waals surface area contributed by atoms with E-state index < -0.39 is 17.5 Å². The predicted octanol–water partition coefficient (Wildman–Crippen LogP) is 8.29. The van der Waals surface area contributed by atoms with Crippen molar-refractivity contribution in [1.82, 2.24) is 10.3 Å². The van der Waals surface area contributed by atoms with Gasteiger partial charge in [0.1, 0.15) is 29.1 Å². The van der Waals surface area contributed by atoms with Gasteiger partial charge in [-0.3, -0.25) is 0 Å². The number of anilines is 1. The summed E-state index contributed by atoms with van der Waals surface area (Å²) in [4.78, 5) is 19.7. The zero-order valence-corrected chi connectivity index (χ0v) is 27.4. The van der Waals surface area contributed by atoms with Gasteiger partial charge in [0.15, 0.2) is 0 Å². The van der Waals surface area contributed by atoms with Crippen LogP contribution in [0, 0.1) is 24.1 Å². The molecule has 0 radical (unpaired) electrons. The van der Waals surface area contributed by atoms with Crippen molar-refractivity contribution in [3.8, 4) is 34.2 Å². The van der Waals surface area contributed by atoms with E-state index in [0.29, 0.717) is 49.4 Å². The number of nitriles is 1. The number of nitrogens with one attached hydrogen (secondary N) is 1. The number of carbonyl (C=O) groups is 1. The fourth-order valence-corrected chi connectivity index (χ4v) is 6.20. The van der Waals surface area contributed by atoms with E-state index in [1.165, 1.54) is 12.1 Å². The number of amides is 1. The van der Waals surface area contributed by atoms with Crippen LogP contribution < -0.4 is 10.2 Å². The predicted molar refractivity (Wildman–Crippen MR) is 178 cm³/mol. The lowest BCUT2D eigenvalue weighted by atomic mass is 9.90. The van der Waals surface area contributed by atoms with E-state index in [0.717, 1.165) is 32.3 Å². The number of halogens is 2. The lowest BCUT2D eigenvalue weighted by Crippen LogP contribution is -2.46. The van der Waals surface area contributed by atoms with E-state index in [4.69, 9.17) is 9.72 Å². The maximum Gasteiger partial charge on any atom is 0.407 e. The van der Waals surface area contributed by atoms with Crippen molar-refractivity contribution in [2.45, 2.75) is 58.6 Å². The zero-order chi connectivity index (χ0) is 32.3. The molecule has 1 saturated heterocycles. The summed E-state index contributed by atoms with van der Waals surface area (Å²) in [5.74, 6) is 0.226. The molecule has 232 valence electrons. The number of hydrogen-bond acceptors (Lipinski definition) is 6. The summed E-state index contributed by atoms with van der Waals surface area (Å²) in [6, 6.07) is 21.9. The number of aryl methyl sites for hydroxylation is 1. The third-order valence-corrected chi connectivity index (χ3v) is 8.65. The number of nitrogens with zero attached hydrogens (tertiary/aromatic N) is 3. The van der Waals surface area contributed by atoms with Crippen LogP contribution in [0.15, 0.2) is 71.2 Å². The van der Waals surface area contributed by atoms with Crippen molar-refractivity contribution in [2.75, 3.05) is 18.0 Å². The molecule has 0 unspecified atom stereocenters. The molecule has 9 heteroatoms. The maximum absolute atomic E-state index is 15.1. The minimum absolute atomic E-state index is 0.0411. The normalized spacial score (nSPS) is 13.8. The van der Waals surface area contributed by atoms with Gasteiger partial charge in [-0.05, 0) is 103 Å². The van der Waals surface area contributed by atoms with Crippen molar-refractivity contribution in [3.05, 3.63) is 99.3 Å². The Balaban J connectivity index is 1.63. The van der Waals surface area contributed by atoms with Crippen LogP contribution in [0.1, 0.15) is 55.9 Å². The average molecular weight is 672 g/mol. The molecular weight excluding hydrogens is 635 g/mol. The number of piperidine rings is 1. The van der Waals surface area contributed by atoms with Crippen LogP contribution in [-0.2, 0) is 11.2 Å². The van der Waals surface area contributed by atoms with Gasteiger partial charge in [0.05, 0.1) is 15.7 Å². The van der Waals surface area contributed by atoms with Gasteiger partial charge in [-0.25, -0.2) is 14.2 Å². The van der Waals surface area contributed by atoms with E-state index in [1.807, 2.05) is 64.1 Å². The summed E-state index contributed by atoms with van der Waals surface area (Å²) in [6.45, 7) is 8.60. The number of aromatic hydroxyl groups is 1. The van der Waals surface area contributed by atoms with E-state index in [2.05, 4.69) is 38.3 Å². The molecule has 0 spiro atoms. The SMILES string of the molecule is Cc1ccc(-c2c(-c3ccc(C#N)c(F)c3)nc(N3CCC(NC(=O)OC(C)(C)C)CC3)c(Br)c2Cc2ccccc2)cc1O. The molecule has 0 bridgehead atoms. The fourth-order valence-electron chi connectivity index (χ4n) is 5.52. The van der Waals surface area contributed by atoms with Gasteiger partial charge in [0.25, 0.3) is 0 Å². The van der Waals surface area contributed by atoms with Crippen LogP contribution in [0.2, 0.25) is 0 Å². The maximum atomic E-state index is 15.1. The Kier molecular flexibility index (Phi) is 9.45. The van der Waals surface area contributed by atoms with E-state index in [9.17, 15) is 15.2 Å². The highest BCUT2D eigenvalue weighted by molar-refractivity contribution is 9.10. The van der Waals surface area contributed by atoms with Gasteiger partial charge in [-0.15, -0.1) is 0 Å². The van der Waals surface area contributed by atoms with Gasteiger partial charge in [-0.1, -0.05) is 48.5 Å². The standard InChI is InChI=1S/C36H36BrFN4O3/c1-22-10-11-24(20-30(22)43)31-28(18-23-8-6-5-7-9-23)32(37)34(41-33(31)25-12-13-26(21-39)29(38)19-25)42-16-14-27(15-17-42)40-35(44)45-36(2,3)4/h5-13,19-20,27,43H,14-18H2,1-4H3,(H,40,44). The zero-order valence-electron chi connectivity index (χ0n) is 25.8. The van der Waals surface area contributed by atoms with Gasteiger partial charge in [-0.2, -0.15) is 5.26 Å². The van der Waals surface area contributed by atoms with Gasteiger partial charge >= 0.3 is 6.09 Å². The largest absolute Gasteiger partial charge is 0.508 e. The number of alkyl carbamates (subject to hydrolysis) is 1. The van der Waals surface area contributed by atoms with Gasteiger partial charge in [0, 0.05) is 30.3 Å². The van der Waals surface area contributed by atoms with Crippen LogP contribution in [-0.4, -0.2) is 40.9 Å². The number of carbonyl (C=O) groups excluding carboxylic acids is 1. The average Bonchev–Trinajstić information content (AvgIpc) is 2.99. The molecule has 2 heterocycles. The van der Waals surface area contributed by atoms with Crippen LogP contribution in [0.25, 0.3) is 22.4 Å². The molecule has 2 N–H and O–H groups in total. The van der Waals surface area contributed by atoms with Crippen molar-refractivity contribution in [2.24, 2.45) is 0 Å². The minimum atomic E-state index is -0.627. The number of aromatic nitrogens is 1. The van der Waals surface area contributed by atoms with Crippen molar-refractivity contribution >= 4 is 27.8 Å². The third kappa shape index (κ3) is 7.46. The summed E-state index contributed by atoms with van der Waals surface area (Å²) in [5, 5.41) is 23.1. The van der Waals surface area contributed by atoms with Crippen molar-refractivity contribution in [3.63, 3.8) is 0 Å². The first kappa shape index (κ1) is 32.0. The molecule has 3 aromatic carbocycles. The number of hydrogen-bond donors (Lipinski definition) is 2. The highest BCUT2D eigenvalue weighted by Gasteiger charge is 2.29. The molecule has 4 aromatic rings. The second kappa shape index (κ2) is 13.3. The Bertz CT molecular complexity index is 1760. The fraction of sp³-hybridized carbons (Fsp3) is 0.306. The Morgan fingerprint density at radius 1 is 1.11 bits per heavy atom. The molecule has 1 aliphatic rings. The number of ether oxygens (including phenoxy) is 1.